The van der Waals surface area contributed by atoms with Crippen molar-refractivity contribution in [3.8, 4) is 11.8 Å². The number of benzene rings is 1. The van der Waals surface area contributed by atoms with Crippen molar-refractivity contribution < 1.29 is 0 Å². The van der Waals surface area contributed by atoms with E-state index in [0.29, 0.717) is 10.6 Å². The van der Waals surface area contributed by atoms with Crippen LogP contribution in [0.2, 0.25) is 5.02 Å². The minimum absolute atomic E-state index is 0.585. The fourth-order valence-electron chi connectivity index (χ4n) is 1.75. The van der Waals surface area contributed by atoms with Gasteiger partial charge in [0.25, 0.3) is 0 Å². The molecule has 2 aromatic rings. The number of nitrogens with one attached hydrogen (secondary N) is 1. The molecule has 1 heterocycles. The standard InChI is InChI=1S/C13H13ClN4/c1-9-12(14)8-18(17-9)13-4-3-10(7-16-2)5-11(13)6-15/h3-5,8,16H,7H2,1-2H3. The third kappa shape index (κ3) is 2.37. The van der Waals surface area contributed by atoms with Crippen LogP contribution in [0.25, 0.3) is 5.69 Å². The van der Waals surface area contributed by atoms with Gasteiger partial charge >= 0.3 is 0 Å². The van der Waals surface area contributed by atoms with Crippen LogP contribution in [0, 0.1) is 18.3 Å². The van der Waals surface area contributed by atoms with E-state index in [2.05, 4.69) is 16.5 Å². The summed E-state index contributed by atoms with van der Waals surface area (Å²) < 4.78 is 1.64. The Bertz CT molecular complexity index is 590. The minimum atomic E-state index is 0.585. The number of aryl methyl sites for hydroxylation is 1. The average molecular weight is 261 g/mol. The zero-order chi connectivity index (χ0) is 13.1. The molecular weight excluding hydrogens is 248 g/mol. The first kappa shape index (κ1) is 12.6. The molecule has 0 saturated carbocycles. The van der Waals surface area contributed by atoms with Crippen LogP contribution >= 0.6 is 11.6 Å². The Morgan fingerprint density at radius 3 is 2.83 bits per heavy atom. The average Bonchev–Trinajstić information content (AvgIpc) is 2.69. The van der Waals surface area contributed by atoms with E-state index in [1.807, 2.05) is 32.2 Å². The molecular formula is C13H13ClN4. The molecule has 0 fully saturated rings. The maximum atomic E-state index is 9.20. The lowest BCUT2D eigenvalue weighted by atomic mass is 10.1. The normalized spacial score (nSPS) is 10.3. The lowest BCUT2D eigenvalue weighted by molar-refractivity contribution is 0.813. The summed E-state index contributed by atoms with van der Waals surface area (Å²) >= 11 is 5.98. The fourth-order valence-corrected chi connectivity index (χ4v) is 1.88. The molecule has 0 aliphatic carbocycles. The summed E-state index contributed by atoms with van der Waals surface area (Å²) in [5, 5.41) is 17.1. The minimum Gasteiger partial charge on any atom is -0.316 e. The van der Waals surface area contributed by atoms with Gasteiger partial charge in [-0.3, -0.25) is 0 Å². The summed E-state index contributed by atoms with van der Waals surface area (Å²) in [6.45, 7) is 2.56. The molecule has 2 rings (SSSR count). The number of aromatic nitrogens is 2. The molecule has 0 radical (unpaired) electrons. The van der Waals surface area contributed by atoms with Gasteiger partial charge in [0.05, 0.1) is 22.0 Å². The number of hydrogen-bond acceptors (Lipinski definition) is 3. The highest BCUT2D eigenvalue weighted by Gasteiger charge is 2.09. The van der Waals surface area contributed by atoms with Crippen molar-refractivity contribution in [2.75, 3.05) is 7.05 Å². The Kier molecular flexibility index (Phi) is 3.66. The molecule has 0 aliphatic rings. The van der Waals surface area contributed by atoms with Gasteiger partial charge in [-0.05, 0) is 31.7 Å². The molecule has 5 heteroatoms. The summed E-state index contributed by atoms with van der Waals surface area (Å²) in [6, 6.07) is 7.90. The molecule has 0 saturated heterocycles. The van der Waals surface area contributed by atoms with E-state index in [1.165, 1.54) is 0 Å². The summed E-state index contributed by atoms with van der Waals surface area (Å²) in [7, 11) is 1.87. The molecule has 1 N–H and O–H groups in total. The van der Waals surface area contributed by atoms with Crippen molar-refractivity contribution in [1.82, 2.24) is 15.1 Å². The van der Waals surface area contributed by atoms with Gasteiger partial charge in [0, 0.05) is 12.7 Å². The van der Waals surface area contributed by atoms with E-state index in [9.17, 15) is 5.26 Å². The largest absolute Gasteiger partial charge is 0.316 e. The first-order chi connectivity index (χ1) is 8.65. The summed E-state index contributed by atoms with van der Waals surface area (Å²) in [5.74, 6) is 0. The number of nitriles is 1. The van der Waals surface area contributed by atoms with Crippen LogP contribution in [0.4, 0.5) is 0 Å². The molecule has 0 spiro atoms. The van der Waals surface area contributed by atoms with E-state index in [0.717, 1.165) is 23.5 Å². The molecule has 0 unspecified atom stereocenters. The molecule has 1 aromatic carbocycles. The molecule has 0 amide bonds. The molecule has 0 bridgehead atoms. The number of nitrogens with zero attached hydrogens (tertiary/aromatic N) is 3. The van der Waals surface area contributed by atoms with Crippen LogP contribution in [-0.4, -0.2) is 16.8 Å². The zero-order valence-electron chi connectivity index (χ0n) is 10.2. The number of hydrogen-bond donors (Lipinski definition) is 1. The van der Waals surface area contributed by atoms with Crippen molar-refractivity contribution in [2.24, 2.45) is 0 Å². The van der Waals surface area contributed by atoms with Gasteiger partial charge in [0.1, 0.15) is 6.07 Å². The van der Waals surface area contributed by atoms with Crippen LogP contribution in [0.3, 0.4) is 0 Å². The Hall–Kier alpha value is -1.83. The lowest BCUT2D eigenvalue weighted by Gasteiger charge is -2.06. The van der Waals surface area contributed by atoms with Gasteiger partial charge in [-0.1, -0.05) is 17.7 Å². The van der Waals surface area contributed by atoms with Crippen molar-refractivity contribution >= 4 is 11.6 Å². The summed E-state index contributed by atoms with van der Waals surface area (Å²) in [4.78, 5) is 0. The SMILES string of the molecule is CNCc1ccc(-n2cc(Cl)c(C)n2)c(C#N)c1. The first-order valence-electron chi connectivity index (χ1n) is 5.55. The molecule has 0 atom stereocenters. The fraction of sp³-hybridized carbons (Fsp3) is 0.231. The van der Waals surface area contributed by atoms with Crippen LogP contribution < -0.4 is 5.32 Å². The van der Waals surface area contributed by atoms with Gasteiger partial charge in [-0.2, -0.15) is 10.4 Å². The van der Waals surface area contributed by atoms with Gasteiger partial charge in [0.15, 0.2) is 0 Å². The van der Waals surface area contributed by atoms with Gasteiger partial charge in [-0.25, -0.2) is 4.68 Å². The Balaban J connectivity index is 2.48. The Morgan fingerprint density at radius 1 is 1.50 bits per heavy atom. The monoisotopic (exact) mass is 260 g/mol. The highest BCUT2D eigenvalue weighted by Crippen LogP contribution is 2.20. The highest BCUT2D eigenvalue weighted by atomic mass is 35.5. The van der Waals surface area contributed by atoms with Crippen molar-refractivity contribution in [2.45, 2.75) is 13.5 Å². The highest BCUT2D eigenvalue weighted by molar-refractivity contribution is 6.31. The Labute approximate surface area is 111 Å². The van der Waals surface area contributed by atoms with E-state index >= 15 is 0 Å². The van der Waals surface area contributed by atoms with Crippen molar-refractivity contribution in [3.05, 3.63) is 46.2 Å². The van der Waals surface area contributed by atoms with Crippen LogP contribution in [-0.2, 0) is 6.54 Å². The molecule has 0 aliphatic heterocycles. The van der Waals surface area contributed by atoms with E-state index in [1.54, 1.807) is 10.9 Å². The maximum absolute atomic E-state index is 9.20. The van der Waals surface area contributed by atoms with E-state index in [-0.39, 0.29) is 0 Å². The van der Waals surface area contributed by atoms with Crippen molar-refractivity contribution in [3.63, 3.8) is 0 Å². The Morgan fingerprint density at radius 2 is 2.28 bits per heavy atom. The third-order valence-corrected chi connectivity index (χ3v) is 3.02. The second kappa shape index (κ2) is 5.21. The smallest absolute Gasteiger partial charge is 0.101 e. The number of halogens is 1. The predicted octanol–water partition coefficient (Wildman–Crippen LogP) is 2.43. The van der Waals surface area contributed by atoms with Gasteiger partial charge in [-0.15, -0.1) is 0 Å². The van der Waals surface area contributed by atoms with Crippen LogP contribution in [0.5, 0.6) is 0 Å². The molecule has 18 heavy (non-hydrogen) atoms. The van der Waals surface area contributed by atoms with Crippen LogP contribution in [0.1, 0.15) is 16.8 Å². The lowest BCUT2D eigenvalue weighted by Crippen LogP contribution is -2.06. The zero-order valence-corrected chi connectivity index (χ0v) is 11.0. The summed E-state index contributed by atoms with van der Waals surface area (Å²) in [5.41, 5.74) is 3.14. The second-order valence-corrected chi connectivity index (χ2v) is 4.41. The third-order valence-electron chi connectivity index (χ3n) is 2.65. The van der Waals surface area contributed by atoms with E-state index < -0.39 is 0 Å². The quantitative estimate of drug-likeness (QED) is 0.922. The number of rotatable bonds is 3. The topological polar surface area (TPSA) is 53.6 Å². The molecule has 1 aromatic heterocycles. The predicted molar refractivity (Wildman–Crippen MR) is 70.8 cm³/mol. The summed E-state index contributed by atoms with van der Waals surface area (Å²) in [6.07, 6.45) is 1.71. The first-order valence-corrected chi connectivity index (χ1v) is 5.93. The second-order valence-electron chi connectivity index (χ2n) is 4.00. The van der Waals surface area contributed by atoms with Crippen molar-refractivity contribution in [1.29, 1.82) is 5.26 Å². The van der Waals surface area contributed by atoms with Gasteiger partial charge in [0.2, 0.25) is 0 Å². The maximum Gasteiger partial charge on any atom is 0.101 e. The van der Waals surface area contributed by atoms with E-state index in [4.69, 9.17) is 11.6 Å². The molecule has 4 nitrogen and oxygen atoms in total. The molecule has 92 valence electrons. The van der Waals surface area contributed by atoms with Gasteiger partial charge < -0.3 is 5.32 Å². The van der Waals surface area contributed by atoms with Crippen LogP contribution in [0.15, 0.2) is 24.4 Å².